The normalized spacial score (nSPS) is 13.2. The van der Waals surface area contributed by atoms with Gasteiger partial charge in [0.1, 0.15) is 19.3 Å². The van der Waals surface area contributed by atoms with Crippen LogP contribution in [0.1, 0.15) is 37.0 Å². The molecule has 0 fully saturated rings. The van der Waals surface area contributed by atoms with E-state index in [1.54, 1.807) is 11.0 Å². The zero-order valence-electron chi connectivity index (χ0n) is 21.3. The highest BCUT2D eigenvalue weighted by Crippen LogP contribution is 2.31. The van der Waals surface area contributed by atoms with Crippen molar-refractivity contribution < 1.29 is 19.1 Å². The molecule has 1 N–H and O–H groups in total. The zero-order valence-corrected chi connectivity index (χ0v) is 22.0. The van der Waals surface area contributed by atoms with Gasteiger partial charge in [-0.3, -0.25) is 9.59 Å². The standard InChI is InChI=1S/C30H33ClN2O4/c1-21(2)32-30(35)26(18-22-8-4-3-5-9-22)33(20-24-10-6-7-11-25(24)31)29(34)15-13-23-12-14-27-28(19-23)37-17-16-36-27/h3-12,14,19,21,26H,13,15-18,20H2,1-2H3,(H,32,35)/t26-/m1/s1. The quantitative estimate of drug-likeness (QED) is 0.398. The van der Waals surface area contributed by atoms with Gasteiger partial charge in [-0.2, -0.15) is 0 Å². The molecule has 1 aliphatic heterocycles. The lowest BCUT2D eigenvalue weighted by Crippen LogP contribution is -2.51. The van der Waals surface area contributed by atoms with Crippen LogP contribution in [0.25, 0.3) is 0 Å². The Bertz CT molecular complexity index is 1220. The molecule has 0 bridgehead atoms. The Kier molecular flexibility index (Phi) is 9.07. The largest absolute Gasteiger partial charge is 0.486 e. The van der Waals surface area contributed by atoms with Crippen LogP contribution in [0.3, 0.4) is 0 Å². The molecule has 0 spiro atoms. The lowest BCUT2D eigenvalue weighted by Gasteiger charge is -2.32. The topological polar surface area (TPSA) is 67.9 Å². The molecule has 2 amide bonds. The summed E-state index contributed by atoms with van der Waals surface area (Å²) in [5.41, 5.74) is 2.75. The molecule has 0 aromatic heterocycles. The summed E-state index contributed by atoms with van der Waals surface area (Å²) < 4.78 is 11.3. The number of aryl methyl sites for hydroxylation is 1. The lowest BCUT2D eigenvalue weighted by molar-refractivity contribution is -0.141. The van der Waals surface area contributed by atoms with Gasteiger partial charge in [0.2, 0.25) is 11.8 Å². The first-order valence-corrected chi connectivity index (χ1v) is 13.0. The van der Waals surface area contributed by atoms with Gasteiger partial charge in [-0.05, 0) is 55.2 Å². The van der Waals surface area contributed by atoms with E-state index in [0.29, 0.717) is 36.8 Å². The van der Waals surface area contributed by atoms with E-state index in [0.717, 1.165) is 22.4 Å². The van der Waals surface area contributed by atoms with Crippen molar-refractivity contribution in [2.24, 2.45) is 0 Å². The molecule has 4 rings (SSSR count). The first kappa shape index (κ1) is 26.6. The van der Waals surface area contributed by atoms with Gasteiger partial charge in [0, 0.05) is 30.5 Å². The molecule has 6 nitrogen and oxygen atoms in total. The van der Waals surface area contributed by atoms with E-state index < -0.39 is 6.04 Å². The summed E-state index contributed by atoms with van der Waals surface area (Å²) >= 11 is 6.48. The Hall–Kier alpha value is -3.51. The molecule has 1 heterocycles. The van der Waals surface area contributed by atoms with E-state index in [1.165, 1.54) is 0 Å². The van der Waals surface area contributed by atoms with E-state index in [1.807, 2.05) is 80.6 Å². The first-order chi connectivity index (χ1) is 17.9. The van der Waals surface area contributed by atoms with Crippen LogP contribution in [-0.4, -0.2) is 42.0 Å². The van der Waals surface area contributed by atoms with Crippen LogP contribution >= 0.6 is 11.6 Å². The van der Waals surface area contributed by atoms with Crippen molar-refractivity contribution in [3.8, 4) is 11.5 Å². The summed E-state index contributed by atoms with van der Waals surface area (Å²) in [5, 5.41) is 3.58. The molecular formula is C30H33ClN2O4. The zero-order chi connectivity index (χ0) is 26.2. The minimum atomic E-state index is -0.686. The number of rotatable bonds is 10. The highest BCUT2D eigenvalue weighted by Gasteiger charge is 2.31. The second-order valence-electron chi connectivity index (χ2n) is 9.46. The minimum absolute atomic E-state index is 0.0549. The summed E-state index contributed by atoms with van der Waals surface area (Å²) in [6.07, 6.45) is 1.16. The number of amides is 2. The van der Waals surface area contributed by atoms with Crippen LogP contribution in [0.5, 0.6) is 11.5 Å². The van der Waals surface area contributed by atoms with Crippen LogP contribution in [-0.2, 0) is 29.0 Å². The molecule has 1 atom stereocenters. The van der Waals surface area contributed by atoms with E-state index in [-0.39, 0.29) is 30.8 Å². The second kappa shape index (κ2) is 12.6. The van der Waals surface area contributed by atoms with Gasteiger partial charge in [0.05, 0.1) is 0 Å². The van der Waals surface area contributed by atoms with Gasteiger partial charge in [0.25, 0.3) is 0 Å². The average molecular weight is 521 g/mol. The average Bonchev–Trinajstić information content (AvgIpc) is 2.90. The van der Waals surface area contributed by atoms with E-state index >= 15 is 0 Å². The Morgan fingerprint density at radius 2 is 1.62 bits per heavy atom. The van der Waals surface area contributed by atoms with Gasteiger partial charge >= 0.3 is 0 Å². The van der Waals surface area contributed by atoms with Crippen molar-refractivity contribution >= 4 is 23.4 Å². The molecule has 0 saturated heterocycles. The molecule has 0 unspecified atom stereocenters. The smallest absolute Gasteiger partial charge is 0.243 e. The Morgan fingerprint density at radius 3 is 2.35 bits per heavy atom. The van der Waals surface area contributed by atoms with Crippen molar-refractivity contribution in [3.63, 3.8) is 0 Å². The van der Waals surface area contributed by atoms with Crippen LogP contribution in [0, 0.1) is 0 Å². The predicted octanol–water partition coefficient (Wildman–Crippen LogP) is 5.21. The number of ether oxygens (including phenoxy) is 2. The van der Waals surface area contributed by atoms with Crippen molar-refractivity contribution in [2.75, 3.05) is 13.2 Å². The fourth-order valence-electron chi connectivity index (χ4n) is 4.38. The van der Waals surface area contributed by atoms with Crippen LogP contribution in [0.15, 0.2) is 72.8 Å². The lowest BCUT2D eigenvalue weighted by atomic mass is 10.0. The number of carbonyl (C=O) groups is 2. The third kappa shape index (κ3) is 7.26. The van der Waals surface area contributed by atoms with Gasteiger partial charge < -0.3 is 19.7 Å². The number of fused-ring (bicyclic) bond motifs is 1. The maximum atomic E-state index is 13.8. The summed E-state index contributed by atoms with van der Waals surface area (Å²) in [6.45, 7) is 5.11. The van der Waals surface area contributed by atoms with Gasteiger partial charge in [-0.15, -0.1) is 0 Å². The number of nitrogens with one attached hydrogen (secondary N) is 1. The van der Waals surface area contributed by atoms with Crippen molar-refractivity contribution in [1.82, 2.24) is 10.2 Å². The molecule has 0 aliphatic carbocycles. The summed E-state index contributed by atoms with van der Waals surface area (Å²) in [5.74, 6) is 1.12. The number of benzene rings is 3. The van der Waals surface area contributed by atoms with E-state index in [9.17, 15) is 9.59 Å². The maximum Gasteiger partial charge on any atom is 0.243 e. The number of nitrogens with zero attached hydrogens (tertiary/aromatic N) is 1. The third-order valence-electron chi connectivity index (χ3n) is 6.23. The van der Waals surface area contributed by atoms with E-state index in [2.05, 4.69) is 5.32 Å². The predicted molar refractivity (Wildman–Crippen MR) is 145 cm³/mol. The molecule has 3 aromatic carbocycles. The third-order valence-corrected chi connectivity index (χ3v) is 6.60. The molecule has 3 aromatic rings. The van der Waals surface area contributed by atoms with Gasteiger partial charge in [0.15, 0.2) is 11.5 Å². The molecule has 1 aliphatic rings. The molecule has 37 heavy (non-hydrogen) atoms. The fourth-order valence-corrected chi connectivity index (χ4v) is 4.58. The highest BCUT2D eigenvalue weighted by molar-refractivity contribution is 6.31. The SMILES string of the molecule is CC(C)NC(=O)[C@@H](Cc1ccccc1)N(Cc1ccccc1Cl)C(=O)CCc1ccc2c(c1)OCCO2. The molecule has 0 radical (unpaired) electrons. The Labute approximate surface area is 223 Å². The monoisotopic (exact) mass is 520 g/mol. The Balaban J connectivity index is 1.60. The van der Waals surface area contributed by atoms with Crippen LogP contribution < -0.4 is 14.8 Å². The molecule has 0 saturated carbocycles. The molecular weight excluding hydrogens is 488 g/mol. The first-order valence-electron chi connectivity index (χ1n) is 12.7. The maximum absolute atomic E-state index is 13.8. The summed E-state index contributed by atoms with van der Waals surface area (Å²) in [6, 6.07) is 22.2. The van der Waals surface area contributed by atoms with Crippen LogP contribution in [0.4, 0.5) is 0 Å². The number of halogens is 1. The molecule has 7 heteroatoms. The highest BCUT2D eigenvalue weighted by atomic mass is 35.5. The second-order valence-corrected chi connectivity index (χ2v) is 9.87. The van der Waals surface area contributed by atoms with Crippen molar-refractivity contribution in [3.05, 3.63) is 94.5 Å². The van der Waals surface area contributed by atoms with Gasteiger partial charge in [-0.25, -0.2) is 0 Å². The van der Waals surface area contributed by atoms with Crippen molar-refractivity contribution in [1.29, 1.82) is 0 Å². The van der Waals surface area contributed by atoms with Crippen LogP contribution in [0.2, 0.25) is 5.02 Å². The summed E-state index contributed by atoms with van der Waals surface area (Å²) in [4.78, 5) is 28.9. The summed E-state index contributed by atoms with van der Waals surface area (Å²) in [7, 11) is 0. The molecule has 194 valence electrons. The number of hydrogen-bond acceptors (Lipinski definition) is 4. The fraction of sp³-hybridized carbons (Fsp3) is 0.333. The number of hydrogen-bond donors (Lipinski definition) is 1. The number of carbonyl (C=O) groups excluding carboxylic acids is 2. The minimum Gasteiger partial charge on any atom is -0.486 e. The van der Waals surface area contributed by atoms with Crippen molar-refractivity contribution in [2.45, 2.75) is 51.7 Å². The Morgan fingerprint density at radius 1 is 0.919 bits per heavy atom. The van der Waals surface area contributed by atoms with E-state index in [4.69, 9.17) is 21.1 Å². The van der Waals surface area contributed by atoms with Gasteiger partial charge in [-0.1, -0.05) is 66.2 Å².